The lowest BCUT2D eigenvalue weighted by atomic mass is 10.1. The smallest absolute Gasteiger partial charge is 0.342 e. The Morgan fingerprint density at radius 1 is 1.10 bits per heavy atom. The molecule has 0 aliphatic rings. The van der Waals surface area contributed by atoms with Gasteiger partial charge in [0.25, 0.3) is 5.91 Å². The van der Waals surface area contributed by atoms with Gasteiger partial charge in [0.2, 0.25) is 0 Å². The summed E-state index contributed by atoms with van der Waals surface area (Å²) in [4.78, 5) is 29.0. The predicted octanol–water partition coefficient (Wildman–Crippen LogP) is 3.06. The molecule has 1 amide bonds. The van der Waals surface area contributed by atoms with Crippen LogP contribution in [-0.4, -0.2) is 38.8 Å². The van der Waals surface area contributed by atoms with E-state index < -0.39 is 12.1 Å². The fourth-order valence-corrected chi connectivity index (χ4v) is 2.82. The normalized spacial score (nSPS) is 11.9. The SMILES string of the molecule is CC(C)NC(=O)[C@@H](C)OC(=O)c1cn(Cc2ccccc2)nc1-c1cccnc1. The van der Waals surface area contributed by atoms with E-state index in [-0.39, 0.29) is 17.5 Å². The standard InChI is InChI=1S/C22H24N4O3/c1-15(2)24-21(27)16(3)29-22(28)19-14-26(13-17-8-5-4-6-9-17)25-20(19)18-10-7-11-23-12-18/h4-12,14-16H,13H2,1-3H3,(H,24,27)/t16-/m1/s1. The fourth-order valence-electron chi connectivity index (χ4n) is 2.82. The van der Waals surface area contributed by atoms with Crippen LogP contribution in [0.3, 0.4) is 0 Å². The molecule has 29 heavy (non-hydrogen) atoms. The minimum atomic E-state index is -0.913. The van der Waals surface area contributed by atoms with Crippen LogP contribution in [0.2, 0.25) is 0 Å². The van der Waals surface area contributed by atoms with Crippen molar-refractivity contribution in [2.75, 3.05) is 0 Å². The third-order valence-corrected chi connectivity index (χ3v) is 4.19. The third kappa shape index (κ3) is 5.28. The van der Waals surface area contributed by atoms with E-state index in [1.807, 2.05) is 50.2 Å². The highest BCUT2D eigenvalue weighted by atomic mass is 16.5. The molecule has 1 N–H and O–H groups in total. The number of benzene rings is 1. The molecule has 0 radical (unpaired) electrons. The zero-order valence-electron chi connectivity index (χ0n) is 16.7. The highest BCUT2D eigenvalue weighted by Gasteiger charge is 2.24. The van der Waals surface area contributed by atoms with E-state index >= 15 is 0 Å². The van der Waals surface area contributed by atoms with E-state index in [1.165, 1.54) is 0 Å². The largest absolute Gasteiger partial charge is 0.449 e. The monoisotopic (exact) mass is 392 g/mol. The molecule has 0 bridgehead atoms. The van der Waals surface area contributed by atoms with Crippen molar-refractivity contribution in [2.45, 2.75) is 39.5 Å². The van der Waals surface area contributed by atoms with Gasteiger partial charge >= 0.3 is 5.97 Å². The number of carbonyl (C=O) groups excluding carboxylic acids is 2. The lowest BCUT2D eigenvalue weighted by Gasteiger charge is -2.15. The second kappa shape index (κ2) is 9.14. The molecule has 2 heterocycles. The molecule has 0 unspecified atom stereocenters. The van der Waals surface area contributed by atoms with E-state index in [0.717, 1.165) is 5.56 Å². The summed E-state index contributed by atoms with van der Waals surface area (Å²) in [5.74, 6) is -0.942. The number of hydrogen-bond acceptors (Lipinski definition) is 5. The van der Waals surface area contributed by atoms with Crippen molar-refractivity contribution in [3.8, 4) is 11.3 Å². The lowest BCUT2D eigenvalue weighted by Crippen LogP contribution is -2.39. The van der Waals surface area contributed by atoms with Crippen molar-refractivity contribution in [3.05, 3.63) is 72.2 Å². The number of nitrogens with zero attached hydrogens (tertiary/aromatic N) is 3. The van der Waals surface area contributed by atoms with E-state index in [2.05, 4.69) is 15.4 Å². The Balaban J connectivity index is 1.87. The second-order valence-electron chi connectivity index (χ2n) is 7.03. The van der Waals surface area contributed by atoms with E-state index in [9.17, 15) is 9.59 Å². The van der Waals surface area contributed by atoms with Gasteiger partial charge in [0.15, 0.2) is 6.10 Å². The van der Waals surface area contributed by atoms with Gasteiger partial charge in [0.05, 0.1) is 6.54 Å². The van der Waals surface area contributed by atoms with Gasteiger partial charge in [0.1, 0.15) is 11.3 Å². The first kappa shape index (κ1) is 20.3. The van der Waals surface area contributed by atoms with Crippen LogP contribution in [-0.2, 0) is 16.1 Å². The zero-order chi connectivity index (χ0) is 20.8. The van der Waals surface area contributed by atoms with Crippen molar-refractivity contribution < 1.29 is 14.3 Å². The van der Waals surface area contributed by atoms with E-state index in [1.54, 1.807) is 36.3 Å². The number of hydrogen-bond donors (Lipinski definition) is 1. The van der Waals surface area contributed by atoms with Crippen LogP contribution < -0.4 is 5.32 Å². The van der Waals surface area contributed by atoms with Crippen LogP contribution in [0, 0.1) is 0 Å². The average molecular weight is 392 g/mol. The summed E-state index contributed by atoms with van der Waals surface area (Å²) in [7, 11) is 0. The molecule has 3 rings (SSSR count). The predicted molar refractivity (Wildman–Crippen MR) is 109 cm³/mol. The van der Waals surface area contributed by atoms with Crippen LogP contribution >= 0.6 is 0 Å². The third-order valence-electron chi connectivity index (χ3n) is 4.19. The summed E-state index contributed by atoms with van der Waals surface area (Å²) in [5.41, 5.74) is 2.51. The topological polar surface area (TPSA) is 86.1 Å². The van der Waals surface area contributed by atoms with Gasteiger partial charge in [0, 0.05) is 30.2 Å². The van der Waals surface area contributed by atoms with Gasteiger partial charge in [-0.1, -0.05) is 30.3 Å². The Morgan fingerprint density at radius 2 is 1.86 bits per heavy atom. The van der Waals surface area contributed by atoms with Crippen LogP contribution in [0.1, 0.15) is 36.7 Å². The molecule has 150 valence electrons. The molecule has 0 aliphatic heterocycles. The van der Waals surface area contributed by atoms with Crippen LogP contribution in [0.25, 0.3) is 11.3 Å². The molecule has 0 fully saturated rings. The highest BCUT2D eigenvalue weighted by molar-refractivity contribution is 5.97. The molecule has 2 aromatic heterocycles. The number of pyridine rings is 1. The molecule has 1 atom stereocenters. The second-order valence-corrected chi connectivity index (χ2v) is 7.03. The van der Waals surface area contributed by atoms with Gasteiger partial charge in [-0.05, 0) is 38.5 Å². The summed E-state index contributed by atoms with van der Waals surface area (Å²) in [6, 6.07) is 13.4. The Bertz CT molecular complexity index is 968. The Hall–Kier alpha value is -3.48. The summed E-state index contributed by atoms with van der Waals surface area (Å²) in [6.45, 7) is 5.75. The van der Waals surface area contributed by atoms with Crippen molar-refractivity contribution in [1.82, 2.24) is 20.1 Å². The van der Waals surface area contributed by atoms with E-state index in [4.69, 9.17) is 4.74 Å². The van der Waals surface area contributed by atoms with Gasteiger partial charge in [-0.25, -0.2) is 4.79 Å². The Morgan fingerprint density at radius 3 is 2.52 bits per heavy atom. The summed E-state index contributed by atoms with van der Waals surface area (Å²) < 4.78 is 7.09. The molecule has 0 saturated heterocycles. The maximum atomic E-state index is 12.8. The number of amides is 1. The van der Waals surface area contributed by atoms with Gasteiger partial charge < -0.3 is 10.1 Å². The van der Waals surface area contributed by atoms with Crippen LogP contribution in [0.15, 0.2) is 61.1 Å². The number of esters is 1. The molecule has 1 aromatic carbocycles. The molecule has 0 aliphatic carbocycles. The summed E-state index contributed by atoms with van der Waals surface area (Å²) in [6.07, 6.45) is 4.02. The van der Waals surface area contributed by atoms with Crippen molar-refractivity contribution in [1.29, 1.82) is 0 Å². The highest BCUT2D eigenvalue weighted by Crippen LogP contribution is 2.23. The van der Waals surface area contributed by atoms with Crippen molar-refractivity contribution >= 4 is 11.9 Å². The number of rotatable bonds is 7. The Kier molecular flexibility index (Phi) is 6.39. The molecule has 0 saturated carbocycles. The Labute approximate surface area is 169 Å². The average Bonchev–Trinajstić information content (AvgIpc) is 3.13. The molecular formula is C22H24N4O3. The van der Waals surface area contributed by atoms with Crippen LogP contribution in [0.4, 0.5) is 0 Å². The first-order valence-corrected chi connectivity index (χ1v) is 9.47. The minimum Gasteiger partial charge on any atom is -0.449 e. The first-order valence-electron chi connectivity index (χ1n) is 9.47. The number of carbonyl (C=O) groups is 2. The maximum absolute atomic E-state index is 12.8. The quantitative estimate of drug-likeness (QED) is 0.625. The zero-order valence-corrected chi connectivity index (χ0v) is 16.7. The number of aromatic nitrogens is 3. The summed E-state index contributed by atoms with van der Waals surface area (Å²) >= 11 is 0. The lowest BCUT2D eigenvalue weighted by molar-refractivity contribution is -0.129. The maximum Gasteiger partial charge on any atom is 0.342 e. The molecular weight excluding hydrogens is 368 g/mol. The first-order chi connectivity index (χ1) is 13.9. The minimum absolute atomic E-state index is 0.0387. The molecule has 7 nitrogen and oxygen atoms in total. The number of nitrogens with one attached hydrogen (secondary N) is 1. The van der Waals surface area contributed by atoms with Gasteiger partial charge in [-0.3, -0.25) is 14.5 Å². The van der Waals surface area contributed by atoms with E-state index in [0.29, 0.717) is 17.8 Å². The molecule has 3 aromatic rings. The van der Waals surface area contributed by atoms with Crippen molar-refractivity contribution in [2.24, 2.45) is 0 Å². The molecule has 0 spiro atoms. The number of ether oxygens (including phenoxy) is 1. The van der Waals surface area contributed by atoms with Crippen LogP contribution in [0.5, 0.6) is 0 Å². The van der Waals surface area contributed by atoms with Gasteiger partial charge in [-0.2, -0.15) is 5.10 Å². The van der Waals surface area contributed by atoms with Gasteiger partial charge in [-0.15, -0.1) is 0 Å². The fraction of sp³-hybridized carbons (Fsp3) is 0.273. The molecule has 7 heteroatoms. The summed E-state index contributed by atoms with van der Waals surface area (Å²) in [5, 5.41) is 7.31. The van der Waals surface area contributed by atoms with Crippen molar-refractivity contribution in [3.63, 3.8) is 0 Å².